The Hall–Kier alpha value is -0.490. The lowest BCUT2D eigenvalue weighted by molar-refractivity contribution is 0.673. The lowest BCUT2D eigenvalue weighted by Crippen LogP contribution is -2.00. The third kappa shape index (κ3) is 3.25. The predicted molar refractivity (Wildman–Crippen MR) is 81.6 cm³/mol. The van der Waals surface area contributed by atoms with Crippen molar-refractivity contribution in [3.05, 3.63) is 45.3 Å². The van der Waals surface area contributed by atoms with Gasteiger partial charge in [0.15, 0.2) is 0 Å². The molecule has 2 aromatic rings. The Labute approximate surface area is 120 Å². The van der Waals surface area contributed by atoms with Crippen molar-refractivity contribution in [2.75, 3.05) is 6.26 Å². The van der Waals surface area contributed by atoms with Crippen molar-refractivity contribution in [1.82, 2.24) is 9.78 Å². The number of benzene rings is 1. The lowest BCUT2D eigenvalue weighted by atomic mass is 10.2. The maximum absolute atomic E-state index is 4.57. The van der Waals surface area contributed by atoms with E-state index in [1.54, 1.807) is 11.8 Å². The predicted octanol–water partition coefficient (Wildman–Crippen LogP) is 3.82. The molecule has 0 N–H and O–H groups in total. The third-order valence-electron chi connectivity index (χ3n) is 2.63. The maximum Gasteiger partial charge on any atom is 0.0755 e. The Kier molecular flexibility index (Phi) is 4.50. The quantitative estimate of drug-likeness (QED) is 0.611. The molecule has 1 aromatic heterocycles. The monoisotopic (exact) mass is 358 g/mol. The van der Waals surface area contributed by atoms with Crippen LogP contribution >= 0.6 is 34.4 Å². The molecule has 2 nitrogen and oxygen atoms in total. The van der Waals surface area contributed by atoms with Crippen LogP contribution < -0.4 is 0 Å². The van der Waals surface area contributed by atoms with Gasteiger partial charge in [0, 0.05) is 11.1 Å². The molecule has 0 spiro atoms. The summed E-state index contributed by atoms with van der Waals surface area (Å²) in [6, 6.07) is 8.67. The highest BCUT2D eigenvalue weighted by Crippen LogP contribution is 2.16. The van der Waals surface area contributed by atoms with E-state index in [9.17, 15) is 0 Å². The molecule has 0 aliphatic heterocycles. The van der Waals surface area contributed by atoms with Crippen LogP contribution in [-0.2, 0) is 13.0 Å². The molecule has 0 saturated carbocycles. The van der Waals surface area contributed by atoms with E-state index in [2.05, 4.69) is 71.3 Å². The highest BCUT2D eigenvalue weighted by atomic mass is 127. The average Bonchev–Trinajstić information content (AvgIpc) is 2.70. The van der Waals surface area contributed by atoms with E-state index >= 15 is 0 Å². The highest BCUT2D eigenvalue weighted by Gasteiger charge is 2.04. The van der Waals surface area contributed by atoms with Crippen molar-refractivity contribution < 1.29 is 0 Å². The molecule has 1 aromatic carbocycles. The summed E-state index contributed by atoms with van der Waals surface area (Å²) in [4.78, 5) is 1.30. The van der Waals surface area contributed by atoms with E-state index in [0.29, 0.717) is 0 Å². The van der Waals surface area contributed by atoms with Gasteiger partial charge in [-0.05, 0) is 53.0 Å². The SMILES string of the molecule is CCc1nn(Cc2ccc(SC)cc2)cc1I. The first-order valence-corrected chi connectivity index (χ1v) is 7.88. The molecule has 90 valence electrons. The Morgan fingerprint density at radius 1 is 1.29 bits per heavy atom. The Balaban J connectivity index is 2.13. The molecule has 0 radical (unpaired) electrons. The molecule has 0 atom stereocenters. The van der Waals surface area contributed by atoms with Crippen LogP contribution in [-0.4, -0.2) is 16.0 Å². The van der Waals surface area contributed by atoms with Crippen LogP contribution in [0, 0.1) is 3.57 Å². The number of aromatic nitrogens is 2. The topological polar surface area (TPSA) is 17.8 Å². The summed E-state index contributed by atoms with van der Waals surface area (Å²) in [5.74, 6) is 0. The summed E-state index contributed by atoms with van der Waals surface area (Å²) in [6.07, 6.45) is 5.21. The minimum atomic E-state index is 0.852. The maximum atomic E-state index is 4.57. The number of hydrogen-bond acceptors (Lipinski definition) is 2. The molecular weight excluding hydrogens is 343 g/mol. The highest BCUT2D eigenvalue weighted by molar-refractivity contribution is 14.1. The summed E-state index contributed by atoms with van der Waals surface area (Å²) >= 11 is 4.12. The molecule has 2 rings (SSSR count). The lowest BCUT2D eigenvalue weighted by Gasteiger charge is -2.03. The van der Waals surface area contributed by atoms with Gasteiger partial charge in [-0.15, -0.1) is 11.8 Å². The Morgan fingerprint density at radius 2 is 2.00 bits per heavy atom. The molecule has 0 bridgehead atoms. The van der Waals surface area contributed by atoms with Crippen molar-refractivity contribution in [3.8, 4) is 0 Å². The van der Waals surface area contributed by atoms with Gasteiger partial charge < -0.3 is 0 Å². The summed E-state index contributed by atoms with van der Waals surface area (Å²) in [5.41, 5.74) is 2.48. The van der Waals surface area contributed by atoms with Crippen molar-refractivity contribution in [3.63, 3.8) is 0 Å². The molecule has 0 amide bonds. The van der Waals surface area contributed by atoms with Crippen molar-refractivity contribution in [2.45, 2.75) is 24.8 Å². The summed E-state index contributed by atoms with van der Waals surface area (Å²) < 4.78 is 3.28. The minimum absolute atomic E-state index is 0.852. The van der Waals surface area contributed by atoms with Crippen molar-refractivity contribution >= 4 is 34.4 Å². The van der Waals surface area contributed by atoms with Gasteiger partial charge in [0.2, 0.25) is 0 Å². The third-order valence-corrected chi connectivity index (χ3v) is 4.27. The zero-order valence-corrected chi connectivity index (χ0v) is 13.0. The first kappa shape index (κ1) is 13.0. The van der Waals surface area contributed by atoms with E-state index < -0.39 is 0 Å². The molecule has 4 heteroatoms. The summed E-state index contributed by atoms with van der Waals surface area (Å²) in [5, 5.41) is 4.57. The van der Waals surface area contributed by atoms with Gasteiger partial charge in [-0.3, -0.25) is 4.68 Å². The van der Waals surface area contributed by atoms with Gasteiger partial charge in [-0.25, -0.2) is 0 Å². The number of hydrogen-bond donors (Lipinski definition) is 0. The average molecular weight is 358 g/mol. The Morgan fingerprint density at radius 3 is 2.53 bits per heavy atom. The van der Waals surface area contributed by atoms with Gasteiger partial charge >= 0.3 is 0 Å². The summed E-state index contributed by atoms with van der Waals surface area (Å²) in [6.45, 7) is 2.99. The van der Waals surface area contributed by atoms with Crippen LogP contribution in [0.4, 0.5) is 0 Å². The minimum Gasteiger partial charge on any atom is -0.267 e. The molecule has 0 saturated heterocycles. The largest absolute Gasteiger partial charge is 0.267 e. The number of halogens is 1. The normalized spacial score (nSPS) is 10.8. The van der Waals surface area contributed by atoms with Crippen LogP contribution in [0.1, 0.15) is 18.2 Å². The van der Waals surface area contributed by atoms with Crippen LogP contribution in [0.5, 0.6) is 0 Å². The van der Waals surface area contributed by atoms with Crippen LogP contribution in [0.15, 0.2) is 35.4 Å². The second kappa shape index (κ2) is 5.91. The Bertz CT molecular complexity index is 491. The molecule has 0 aliphatic carbocycles. The zero-order valence-electron chi connectivity index (χ0n) is 9.98. The van der Waals surface area contributed by atoms with E-state index in [1.165, 1.54) is 19.7 Å². The zero-order chi connectivity index (χ0) is 12.3. The van der Waals surface area contributed by atoms with E-state index in [-0.39, 0.29) is 0 Å². The second-order valence-electron chi connectivity index (χ2n) is 3.82. The smallest absolute Gasteiger partial charge is 0.0755 e. The van der Waals surface area contributed by atoms with Gasteiger partial charge in [0.25, 0.3) is 0 Å². The van der Waals surface area contributed by atoms with E-state index in [4.69, 9.17) is 0 Å². The van der Waals surface area contributed by atoms with Crippen molar-refractivity contribution in [2.24, 2.45) is 0 Å². The van der Waals surface area contributed by atoms with Gasteiger partial charge in [-0.1, -0.05) is 19.1 Å². The van der Waals surface area contributed by atoms with Gasteiger partial charge in [0.1, 0.15) is 0 Å². The number of rotatable bonds is 4. The molecule has 0 fully saturated rings. The summed E-state index contributed by atoms with van der Waals surface area (Å²) in [7, 11) is 0. The standard InChI is InChI=1S/C13H15IN2S/c1-3-13-12(14)9-16(15-13)8-10-4-6-11(17-2)7-5-10/h4-7,9H,3,8H2,1-2H3. The molecule has 17 heavy (non-hydrogen) atoms. The fourth-order valence-electron chi connectivity index (χ4n) is 1.68. The molecule has 0 unspecified atom stereocenters. The molecule has 0 aliphatic rings. The van der Waals surface area contributed by atoms with Crippen LogP contribution in [0.3, 0.4) is 0 Å². The van der Waals surface area contributed by atoms with E-state index in [1.807, 2.05) is 4.68 Å². The first-order chi connectivity index (χ1) is 8.22. The van der Waals surface area contributed by atoms with E-state index in [0.717, 1.165) is 13.0 Å². The number of nitrogens with zero attached hydrogens (tertiary/aromatic N) is 2. The fourth-order valence-corrected chi connectivity index (χ4v) is 2.89. The van der Waals surface area contributed by atoms with Gasteiger partial charge in [0.05, 0.1) is 15.8 Å². The first-order valence-electron chi connectivity index (χ1n) is 5.57. The van der Waals surface area contributed by atoms with Crippen molar-refractivity contribution in [1.29, 1.82) is 0 Å². The number of aryl methyl sites for hydroxylation is 1. The number of thioether (sulfide) groups is 1. The fraction of sp³-hybridized carbons (Fsp3) is 0.308. The second-order valence-corrected chi connectivity index (χ2v) is 5.86. The molecule has 1 heterocycles. The molecular formula is C13H15IN2S. The van der Waals surface area contributed by atoms with Crippen LogP contribution in [0.2, 0.25) is 0 Å². The van der Waals surface area contributed by atoms with Gasteiger partial charge in [-0.2, -0.15) is 5.10 Å². The van der Waals surface area contributed by atoms with Crippen LogP contribution in [0.25, 0.3) is 0 Å².